The molecule has 2 aliphatic heterocycles. The molecule has 1 saturated heterocycles. The molecule has 1 fully saturated rings. The highest BCUT2D eigenvalue weighted by atomic mass is 19.1. The van der Waals surface area contributed by atoms with Crippen LogP contribution in [0.3, 0.4) is 0 Å². The third-order valence-corrected chi connectivity index (χ3v) is 7.46. The number of carbonyl (C=O) groups is 4. The summed E-state index contributed by atoms with van der Waals surface area (Å²) in [6.45, 7) is 8.04. The van der Waals surface area contributed by atoms with Crippen molar-refractivity contribution in [3.05, 3.63) is 66.0 Å². The van der Waals surface area contributed by atoms with Gasteiger partial charge >= 0.3 is 6.09 Å². The molecule has 2 heterocycles. The summed E-state index contributed by atoms with van der Waals surface area (Å²) in [5, 5.41) is 11.1. The number of hydrazone groups is 1. The van der Waals surface area contributed by atoms with E-state index in [2.05, 4.69) is 15.7 Å². The van der Waals surface area contributed by atoms with Crippen LogP contribution < -0.4 is 15.4 Å². The first-order valence-electron chi connectivity index (χ1n) is 14.5. The molecule has 0 bridgehead atoms. The minimum atomic E-state index is -1.47. The van der Waals surface area contributed by atoms with Gasteiger partial charge in [0.2, 0.25) is 11.8 Å². The molecule has 236 valence electrons. The van der Waals surface area contributed by atoms with Gasteiger partial charge in [0.25, 0.3) is 5.91 Å². The number of halogens is 1. The molecule has 4 rings (SSSR count). The van der Waals surface area contributed by atoms with Gasteiger partial charge in [0.05, 0.1) is 5.71 Å². The van der Waals surface area contributed by atoms with Gasteiger partial charge < -0.3 is 25.0 Å². The van der Waals surface area contributed by atoms with Crippen LogP contribution in [0, 0.1) is 11.2 Å². The fourth-order valence-electron chi connectivity index (χ4n) is 5.30. The molecule has 0 spiro atoms. The molecule has 2 aliphatic rings. The summed E-state index contributed by atoms with van der Waals surface area (Å²) in [6.07, 6.45) is -0.0826. The van der Waals surface area contributed by atoms with Crippen LogP contribution in [0.1, 0.15) is 46.6 Å². The monoisotopic (exact) mass is 609 g/mol. The highest BCUT2D eigenvalue weighted by Crippen LogP contribution is 2.38. The fraction of sp³-hybridized carbons (Fsp3) is 0.469. The fourth-order valence-corrected chi connectivity index (χ4v) is 5.30. The van der Waals surface area contributed by atoms with Crippen LogP contribution in [-0.4, -0.2) is 83.4 Å². The van der Waals surface area contributed by atoms with Gasteiger partial charge in [-0.3, -0.25) is 14.4 Å². The number of fused-ring (bicyclic) bond motifs is 1. The van der Waals surface area contributed by atoms with Crippen molar-refractivity contribution in [3.63, 3.8) is 0 Å². The number of benzene rings is 2. The predicted molar refractivity (Wildman–Crippen MR) is 161 cm³/mol. The highest BCUT2D eigenvalue weighted by molar-refractivity contribution is 6.13. The number of rotatable bonds is 9. The van der Waals surface area contributed by atoms with Crippen LogP contribution in [0.5, 0.6) is 5.75 Å². The van der Waals surface area contributed by atoms with Crippen molar-refractivity contribution in [2.24, 2.45) is 10.5 Å². The van der Waals surface area contributed by atoms with E-state index in [-0.39, 0.29) is 31.4 Å². The van der Waals surface area contributed by atoms with E-state index in [1.54, 1.807) is 27.8 Å². The predicted octanol–water partition coefficient (Wildman–Crippen LogP) is 3.28. The molecule has 0 saturated carbocycles. The van der Waals surface area contributed by atoms with Gasteiger partial charge in [-0.1, -0.05) is 36.4 Å². The topological polar surface area (TPSA) is 130 Å². The largest absolute Gasteiger partial charge is 0.491 e. The Morgan fingerprint density at radius 1 is 1.07 bits per heavy atom. The quantitative estimate of drug-likeness (QED) is 0.449. The van der Waals surface area contributed by atoms with Crippen molar-refractivity contribution < 1.29 is 33.0 Å². The normalized spacial score (nSPS) is 19.1. The van der Waals surface area contributed by atoms with Crippen molar-refractivity contribution >= 4 is 29.5 Å². The van der Waals surface area contributed by atoms with E-state index in [1.165, 1.54) is 48.0 Å². The molecule has 4 amide bonds. The van der Waals surface area contributed by atoms with Crippen LogP contribution in [0.25, 0.3) is 0 Å². The van der Waals surface area contributed by atoms with Gasteiger partial charge in [-0.05, 0) is 58.7 Å². The Labute approximate surface area is 256 Å². The Hall–Kier alpha value is -4.48. The Bertz CT molecular complexity index is 1440. The van der Waals surface area contributed by atoms with Crippen LogP contribution in [0.2, 0.25) is 0 Å². The number of alkyl carbamates (subject to hydrolysis) is 1. The van der Waals surface area contributed by atoms with E-state index in [4.69, 9.17) is 9.47 Å². The Morgan fingerprint density at radius 2 is 1.77 bits per heavy atom. The average Bonchev–Trinajstić information content (AvgIpc) is 3.18. The summed E-state index contributed by atoms with van der Waals surface area (Å²) in [7, 11) is 1.60. The van der Waals surface area contributed by atoms with Crippen LogP contribution >= 0.6 is 0 Å². The maximum atomic E-state index is 14.1. The first kappa shape index (κ1) is 32.4. The van der Waals surface area contributed by atoms with E-state index in [0.717, 1.165) is 5.56 Å². The lowest BCUT2D eigenvalue weighted by molar-refractivity contribution is -0.143. The van der Waals surface area contributed by atoms with Gasteiger partial charge in [0.15, 0.2) is 0 Å². The Morgan fingerprint density at radius 3 is 2.43 bits per heavy atom. The third-order valence-electron chi connectivity index (χ3n) is 7.46. The van der Waals surface area contributed by atoms with Gasteiger partial charge in [-0.2, -0.15) is 5.10 Å². The van der Waals surface area contributed by atoms with E-state index < -0.39 is 46.3 Å². The number of piperidine rings is 1. The molecule has 0 radical (unpaired) electrons. The lowest BCUT2D eigenvalue weighted by Crippen LogP contribution is -2.63. The Kier molecular flexibility index (Phi) is 9.31. The summed E-state index contributed by atoms with van der Waals surface area (Å²) in [5.74, 6) is -1.72. The van der Waals surface area contributed by atoms with Crippen molar-refractivity contribution in [2.75, 3.05) is 26.7 Å². The molecule has 0 aliphatic carbocycles. The molecule has 2 N–H and O–H groups in total. The zero-order valence-electron chi connectivity index (χ0n) is 26.0. The van der Waals surface area contributed by atoms with E-state index >= 15 is 0 Å². The molecule has 11 nitrogen and oxygen atoms in total. The average molecular weight is 610 g/mol. The van der Waals surface area contributed by atoms with E-state index in [0.29, 0.717) is 18.6 Å². The number of nitrogens with zero attached hydrogens (tertiary/aromatic N) is 3. The summed E-state index contributed by atoms with van der Waals surface area (Å²) in [6, 6.07) is 13.7. The van der Waals surface area contributed by atoms with Crippen molar-refractivity contribution in [1.82, 2.24) is 20.5 Å². The van der Waals surface area contributed by atoms with Gasteiger partial charge in [0.1, 0.15) is 40.8 Å². The molecular weight excluding hydrogens is 569 g/mol. The number of hydrogen-bond acceptors (Lipinski definition) is 7. The van der Waals surface area contributed by atoms with E-state index in [9.17, 15) is 23.6 Å². The number of hydrogen-bond donors (Lipinski definition) is 2. The second-order valence-electron chi connectivity index (χ2n) is 12.7. The van der Waals surface area contributed by atoms with Gasteiger partial charge in [0, 0.05) is 32.6 Å². The SMILES string of the molecule is CN1N=C2CCN(C(=O)[C@@H](COc3cccc(F)c3)NC(=O)C(C)(C)NC(=O)OC(C)(C)C)C[C@@]2(Cc2ccccc2)C1=O. The molecule has 44 heavy (non-hydrogen) atoms. The standard InChI is InChI=1S/C32H40FN5O6/c1-30(2,3)44-29(42)35-31(4,5)27(40)34-24(19-43-23-14-10-13-22(33)17-23)26(39)38-16-15-25-32(20-38,28(41)37(6)36-25)18-21-11-8-7-9-12-21/h7-14,17,24H,15-16,18-20H2,1-6H3,(H,34,40)(H,35,42)/t24-,32-/m1/s1. The molecule has 2 atom stereocenters. The molecule has 2 aromatic carbocycles. The summed E-state index contributed by atoms with van der Waals surface area (Å²) < 4.78 is 24.9. The number of amides is 4. The van der Waals surface area contributed by atoms with Crippen LogP contribution in [0.4, 0.5) is 9.18 Å². The first-order valence-corrected chi connectivity index (χ1v) is 14.5. The molecule has 12 heteroatoms. The second kappa shape index (κ2) is 12.6. The van der Waals surface area contributed by atoms with Gasteiger partial charge in [-0.15, -0.1) is 0 Å². The van der Waals surface area contributed by atoms with Crippen LogP contribution in [-0.2, 0) is 25.5 Å². The number of nitrogens with one attached hydrogen (secondary N) is 2. The second-order valence-corrected chi connectivity index (χ2v) is 12.7. The van der Waals surface area contributed by atoms with E-state index in [1.807, 2.05) is 30.3 Å². The molecule has 2 aromatic rings. The third kappa shape index (κ3) is 7.53. The van der Waals surface area contributed by atoms with Crippen molar-refractivity contribution in [3.8, 4) is 5.75 Å². The smallest absolute Gasteiger partial charge is 0.408 e. The lowest BCUT2D eigenvalue weighted by Gasteiger charge is -2.41. The number of carbonyl (C=O) groups excluding carboxylic acids is 4. The zero-order chi connectivity index (χ0) is 32.3. The van der Waals surface area contributed by atoms with Gasteiger partial charge in [-0.25, -0.2) is 14.2 Å². The maximum Gasteiger partial charge on any atom is 0.408 e. The minimum Gasteiger partial charge on any atom is -0.491 e. The summed E-state index contributed by atoms with van der Waals surface area (Å²) in [5.41, 5.74) is -1.68. The van der Waals surface area contributed by atoms with Crippen LogP contribution in [0.15, 0.2) is 59.7 Å². The minimum absolute atomic E-state index is 0.0502. The molecular formula is C32H40FN5O6. The summed E-state index contributed by atoms with van der Waals surface area (Å²) >= 11 is 0. The Balaban J connectivity index is 1.57. The molecule has 0 unspecified atom stereocenters. The summed E-state index contributed by atoms with van der Waals surface area (Å²) in [4.78, 5) is 55.1. The molecule has 0 aromatic heterocycles. The zero-order valence-corrected chi connectivity index (χ0v) is 26.0. The van der Waals surface area contributed by atoms with Crippen molar-refractivity contribution in [1.29, 1.82) is 0 Å². The maximum absolute atomic E-state index is 14.1. The highest BCUT2D eigenvalue weighted by Gasteiger charge is 2.54. The first-order chi connectivity index (χ1) is 20.6. The number of ether oxygens (including phenoxy) is 2. The number of likely N-dealkylation sites (tertiary alicyclic amines) is 1. The lowest BCUT2D eigenvalue weighted by atomic mass is 9.73. The van der Waals surface area contributed by atoms with Crippen molar-refractivity contribution in [2.45, 2.75) is 64.6 Å².